The van der Waals surface area contributed by atoms with Gasteiger partial charge in [0.2, 0.25) is 0 Å². The van der Waals surface area contributed by atoms with Crippen LogP contribution in [-0.2, 0) is 18.9 Å². The molecule has 2 saturated heterocycles. The Morgan fingerprint density at radius 3 is 1.67 bits per heavy atom. The van der Waals surface area contributed by atoms with E-state index in [4.69, 9.17) is 41.9 Å². The molecule has 39 heavy (non-hydrogen) atoms. The van der Waals surface area contributed by atoms with Crippen LogP contribution in [0, 0.1) is 0 Å². The van der Waals surface area contributed by atoms with Crippen LogP contribution >= 0.6 is 0 Å². The lowest BCUT2D eigenvalue weighted by Crippen LogP contribution is -2.68. The topological polar surface area (TPSA) is 262 Å². The summed E-state index contributed by atoms with van der Waals surface area (Å²) in [4.78, 5) is 0. The van der Waals surface area contributed by atoms with Gasteiger partial charge in [0.1, 0.15) is 48.8 Å². The lowest BCUT2D eigenvalue weighted by Gasteiger charge is -2.47. The van der Waals surface area contributed by atoms with E-state index in [1.54, 1.807) is 0 Å². The molecule has 2 heterocycles. The molecule has 3 aliphatic rings. The summed E-state index contributed by atoms with van der Waals surface area (Å²) in [5.41, 5.74) is 23.7. The molecule has 1 aliphatic carbocycles. The molecule has 3 fully saturated rings. The minimum atomic E-state index is -1.47. The van der Waals surface area contributed by atoms with Gasteiger partial charge in [0, 0.05) is 18.6 Å². The molecule has 14 nitrogen and oxygen atoms in total. The third-order valence-corrected chi connectivity index (χ3v) is 6.36. The molecular weight excluding hydrogens is 516 g/mol. The Hall–Kier alpha value is -0.560. The van der Waals surface area contributed by atoms with Crippen molar-refractivity contribution >= 4 is 0 Å². The monoisotopic (exact) mass is 580 g/mol. The summed E-state index contributed by atoms with van der Waals surface area (Å²) < 4.78 is 22.7. The summed E-state index contributed by atoms with van der Waals surface area (Å²) in [6.45, 7) is 1.30. The molecule has 3 rings (SSSR count). The van der Waals surface area contributed by atoms with Crippen molar-refractivity contribution in [3.05, 3.63) is 0 Å². The fourth-order valence-electron chi connectivity index (χ4n) is 4.37. The van der Waals surface area contributed by atoms with Gasteiger partial charge in [0.25, 0.3) is 0 Å². The minimum absolute atomic E-state index is 0. The number of aliphatic hydroxyl groups excluding tert-OH is 6. The van der Waals surface area contributed by atoms with Crippen molar-refractivity contribution in [1.29, 1.82) is 0 Å². The van der Waals surface area contributed by atoms with Crippen LogP contribution in [0.4, 0.5) is 0 Å². The van der Waals surface area contributed by atoms with E-state index in [2.05, 4.69) is 0 Å². The fraction of sp³-hybridized carbons (Fsp3) is 1.00. The largest absolute Gasteiger partial charge is 0.391 e. The smallest absolute Gasteiger partial charge is 0.187 e. The second-order valence-electron chi connectivity index (χ2n) is 8.78. The van der Waals surface area contributed by atoms with E-state index >= 15 is 0 Å². The Balaban J connectivity index is -0.000000550. The number of rotatable bonds is 6. The highest BCUT2D eigenvalue weighted by atomic mass is 16.7. The van der Waals surface area contributed by atoms with Gasteiger partial charge in [0.15, 0.2) is 12.6 Å². The standard InChI is InChI=1S/C18H36N4O10.7CH4/c1-4(23)14-12(27)11(26)8(22)17(30-14)31-15-6(21)2-5(20)9(24)16(15)32-18-13(28)10(25)7(3-19)29-18;;;;;;;/h4-18,23-28H,2-3,19-22H2,1H3;7*1H4/t4-,5-,6?,7-,8?,9?,10+,11-,12+,13?,14?,15-,16-,17-,18+;;;;;;;/m1......./s1. The molecule has 0 aromatic carbocycles. The average Bonchev–Trinajstić information content (AvgIpc) is 3.01. The van der Waals surface area contributed by atoms with E-state index in [9.17, 15) is 30.6 Å². The Morgan fingerprint density at radius 1 is 0.692 bits per heavy atom. The fourth-order valence-corrected chi connectivity index (χ4v) is 4.37. The summed E-state index contributed by atoms with van der Waals surface area (Å²) in [5.74, 6) is 0. The first-order valence-electron chi connectivity index (χ1n) is 10.6. The average molecular weight is 581 g/mol. The van der Waals surface area contributed by atoms with Gasteiger partial charge in [-0.3, -0.25) is 0 Å². The van der Waals surface area contributed by atoms with Gasteiger partial charge >= 0.3 is 0 Å². The van der Waals surface area contributed by atoms with Crippen LogP contribution < -0.4 is 22.9 Å². The molecule has 14 heteroatoms. The van der Waals surface area contributed by atoms with Crippen LogP contribution in [-0.4, -0.2) is 129 Å². The second kappa shape index (κ2) is 19.5. The number of hydrogen-bond donors (Lipinski definition) is 10. The van der Waals surface area contributed by atoms with Gasteiger partial charge in [-0.25, -0.2) is 0 Å². The van der Waals surface area contributed by atoms with E-state index in [0.29, 0.717) is 0 Å². The Morgan fingerprint density at radius 2 is 1.21 bits per heavy atom. The van der Waals surface area contributed by atoms with Gasteiger partial charge in [-0.05, 0) is 13.3 Å². The van der Waals surface area contributed by atoms with Gasteiger partial charge < -0.3 is 72.5 Å². The van der Waals surface area contributed by atoms with Gasteiger partial charge in [0.05, 0.1) is 18.2 Å². The van der Waals surface area contributed by atoms with E-state index in [-0.39, 0.29) is 65.0 Å². The van der Waals surface area contributed by atoms with Crippen molar-refractivity contribution in [2.24, 2.45) is 22.9 Å². The first-order chi connectivity index (χ1) is 15.0. The van der Waals surface area contributed by atoms with E-state index < -0.39 is 91.7 Å². The van der Waals surface area contributed by atoms with Crippen molar-refractivity contribution in [3.63, 3.8) is 0 Å². The summed E-state index contributed by atoms with van der Waals surface area (Å²) in [7, 11) is 0. The van der Waals surface area contributed by atoms with Crippen LogP contribution in [0.3, 0.4) is 0 Å². The second-order valence-corrected chi connectivity index (χ2v) is 8.78. The normalized spacial score (nSPS) is 43.8. The molecule has 0 radical (unpaired) electrons. The number of ether oxygens (including phenoxy) is 4. The molecular formula is C25H64N4O10. The Labute approximate surface area is 236 Å². The molecule has 1 saturated carbocycles. The third kappa shape index (κ3) is 9.75. The third-order valence-electron chi connectivity index (χ3n) is 6.36. The molecule has 244 valence electrons. The van der Waals surface area contributed by atoms with Crippen LogP contribution in [0.1, 0.15) is 65.3 Å². The summed E-state index contributed by atoms with van der Waals surface area (Å²) >= 11 is 0. The van der Waals surface area contributed by atoms with Crippen LogP contribution in [0.2, 0.25) is 0 Å². The quantitative estimate of drug-likeness (QED) is 0.166. The number of aliphatic hydroxyl groups is 6. The molecule has 2 aliphatic heterocycles. The van der Waals surface area contributed by atoms with Crippen molar-refractivity contribution in [2.45, 2.75) is 157 Å². The maximum Gasteiger partial charge on any atom is 0.187 e. The minimum Gasteiger partial charge on any atom is -0.391 e. The number of hydrogen-bond acceptors (Lipinski definition) is 14. The highest BCUT2D eigenvalue weighted by Crippen LogP contribution is 2.32. The van der Waals surface area contributed by atoms with Crippen molar-refractivity contribution < 1.29 is 49.6 Å². The molecule has 14 N–H and O–H groups in total. The van der Waals surface area contributed by atoms with Crippen LogP contribution in [0.5, 0.6) is 0 Å². The Kier molecular flexibility index (Phi) is 24.1. The SMILES string of the molecule is C.C.C.C.C.C.C.C[C@@H](O)C1O[C@H](O[C@@H]2C(N)C[C@@H](N)C(O)[C@H]2O[C@@H]2O[C@H](CN)[C@H](O)C2O)C(N)[C@@H](O)[C@@H]1O. The summed E-state index contributed by atoms with van der Waals surface area (Å²) in [6, 6.07) is -2.78. The first kappa shape index (κ1) is 48.2. The zero-order chi connectivity index (χ0) is 23.9. The molecule has 15 atom stereocenters. The summed E-state index contributed by atoms with van der Waals surface area (Å²) in [5, 5.41) is 61.2. The maximum atomic E-state index is 10.7. The molecule has 0 amide bonds. The van der Waals surface area contributed by atoms with Gasteiger partial charge in [-0.1, -0.05) is 52.0 Å². The lowest BCUT2D eigenvalue weighted by molar-refractivity contribution is -0.315. The first-order valence-corrected chi connectivity index (χ1v) is 10.6. The van der Waals surface area contributed by atoms with Crippen molar-refractivity contribution in [3.8, 4) is 0 Å². The zero-order valence-corrected chi connectivity index (χ0v) is 17.7. The lowest BCUT2D eigenvalue weighted by atomic mass is 9.84. The van der Waals surface area contributed by atoms with Crippen molar-refractivity contribution in [1.82, 2.24) is 0 Å². The predicted octanol–water partition coefficient (Wildman–Crippen LogP) is -1.81. The van der Waals surface area contributed by atoms with E-state index in [1.165, 1.54) is 6.92 Å². The Bertz CT molecular complexity index is 625. The van der Waals surface area contributed by atoms with E-state index in [1.807, 2.05) is 0 Å². The van der Waals surface area contributed by atoms with Gasteiger partial charge in [-0.2, -0.15) is 0 Å². The molecule has 0 bridgehead atoms. The van der Waals surface area contributed by atoms with Crippen LogP contribution in [0.25, 0.3) is 0 Å². The highest BCUT2D eigenvalue weighted by Gasteiger charge is 2.52. The van der Waals surface area contributed by atoms with Crippen molar-refractivity contribution in [2.75, 3.05) is 6.54 Å². The highest BCUT2D eigenvalue weighted by molar-refractivity contribution is 5.01. The van der Waals surface area contributed by atoms with E-state index in [0.717, 1.165) is 0 Å². The molecule has 0 aromatic heterocycles. The summed E-state index contributed by atoms with van der Waals surface area (Å²) in [6.07, 6.45) is -15.1. The van der Waals surface area contributed by atoms with Gasteiger partial charge in [-0.15, -0.1) is 0 Å². The zero-order valence-electron chi connectivity index (χ0n) is 17.7. The maximum absolute atomic E-state index is 10.7. The molecule has 0 aromatic rings. The van der Waals surface area contributed by atoms with Crippen LogP contribution in [0.15, 0.2) is 0 Å². The molecule has 5 unspecified atom stereocenters. The molecule has 0 spiro atoms. The predicted molar refractivity (Wildman–Crippen MR) is 153 cm³/mol. The number of nitrogens with two attached hydrogens (primary N) is 4.